The first-order valence-corrected chi connectivity index (χ1v) is 3.62. The lowest BCUT2D eigenvalue weighted by Gasteiger charge is -2.30. The molecule has 3 heteroatoms. The van der Waals surface area contributed by atoms with Gasteiger partial charge in [0.05, 0.1) is 6.61 Å². The molecule has 0 aromatic carbocycles. The lowest BCUT2D eigenvalue weighted by molar-refractivity contribution is -0.0872. The minimum atomic E-state index is 0.102. The van der Waals surface area contributed by atoms with Crippen molar-refractivity contribution in [1.29, 1.82) is 0 Å². The van der Waals surface area contributed by atoms with Crippen molar-refractivity contribution >= 4 is 0 Å². The van der Waals surface area contributed by atoms with Gasteiger partial charge in [0.25, 0.3) is 0 Å². The normalized spacial score (nSPS) is 40.1. The predicted molar refractivity (Wildman–Crippen MR) is 36.8 cm³/mol. The van der Waals surface area contributed by atoms with Crippen molar-refractivity contribution < 1.29 is 4.84 Å². The first kappa shape index (κ1) is 6.34. The Labute approximate surface area is 59.8 Å². The zero-order chi connectivity index (χ0) is 6.97. The van der Waals surface area contributed by atoms with Crippen LogP contribution in [-0.2, 0) is 4.84 Å². The van der Waals surface area contributed by atoms with Gasteiger partial charge in [-0.25, -0.2) is 0 Å². The van der Waals surface area contributed by atoms with Crippen molar-refractivity contribution in [1.82, 2.24) is 5.23 Å². The fourth-order valence-electron chi connectivity index (χ4n) is 1.56. The Hall–Kier alpha value is -0.380. The summed E-state index contributed by atoms with van der Waals surface area (Å²) in [5, 5.41) is 11.6. The largest absolute Gasteiger partial charge is 0.762 e. The van der Waals surface area contributed by atoms with Crippen LogP contribution >= 0.6 is 0 Å². The molecule has 0 aromatic heterocycles. The van der Waals surface area contributed by atoms with E-state index in [-0.39, 0.29) is 6.04 Å². The van der Waals surface area contributed by atoms with E-state index < -0.39 is 0 Å². The molecule has 1 aliphatic heterocycles. The molecule has 0 amide bonds. The summed E-state index contributed by atoms with van der Waals surface area (Å²) >= 11 is 0. The van der Waals surface area contributed by atoms with E-state index in [9.17, 15) is 5.21 Å². The van der Waals surface area contributed by atoms with Crippen LogP contribution in [0.2, 0.25) is 0 Å². The third-order valence-corrected chi connectivity index (χ3v) is 2.21. The van der Waals surface area contributed by atoms with Gasteiger partial charge in [0.2, 0.25) is 0 Å². The van der Waals surface area contributed by atoms with Gasteiger partial charge in [0.1, 0.15) is 0 Å². The highest BCUT2D eigenvalue weighted by Gasteiger charge is 2.30. The molecule has 1 fully saturated rings. The third kappa shape index (κ3) is 0.868. The van der Waals surface area contributed by atoms with E-state index in [2.05, 4.69) is 12.2 Å². The molecule has 0 aromatic rings. The smallest absolute Gasteiger partial charge is 0.0719 e. The van der Waals surface area contributed by atoms with Crippen molar-refractivity contribution in [3.8, 4) is 0 Å². The van der Waals surface area contributed by atoms with Gasteiger partial charge in [0.15, 0.2) is 0 Å². The molecule has 2 rings (SSSR count). The van der Waals surface area contributed by atoms with Crippen LogP contribution in [0.1, 0.15) is 12.8 Å². The summed E-state index contributed by atoms with van der Waals surface area (Å²) in [5.74, 6) is 0.447. The molecule has 2 aliphatic rings. The molecule has 3 nitrogen and oxygen atoms in total. The number of hydrogen-bond donors (Lipinski definition) is 0. The number of nitrogens with zero attached hydrogens (tertiary/aromatic N) is 1. The average molecular weight is 140 g/mol. The minimum Gasteiger partial charge on any atom is -0.762 e. The number of rotatable bonds is 0. The predicted octanol–water partition coefficient (Wildman–Crippen LogP) is 1.07. The summed E-state index contributed by atoms with van der Waals surface area (Å²) in [4.78, 5) is 4.84. The monoisotopic (exact) mass is 140 g/mol. The Kier molecular flexibility index (Phi) is 1.48. The lowest BCUT2D eigenvalue weighted by atomic mass is 9.91. The van der Waals surface area contributed by atoms with Crippen LogP contribution in [-0.4, -0.2) is 17.9 Å². The van der Waals surface area contributed by atoms with Gasteiger partial charge in [-0.15, -0.1) is 0 Å². The molecule has 0 saturated carbocycles. The first-order valence-electron chi connectivity index (χ1n) is 3.62. The van der Waals surface area contributed by atoms with E-state index in [4.69, 9.17) is 4.84 Å². The molecule has 1 heterocycles. The van der Waals surface area contributed by atoms with E-state index in [1.807, 2.05) is 0 Å². The Morgan fingerprint density at radius 2 is 2.20 bits per heavy atom. The second kappa shape index (κ2) is 2.34. The zero-order valence-corrected chi connectivity index (χ0v) is 5.69. The third-order valence-electron chi connectivity index (χ3n) is 2.21. The number of fused-ring (bicyclic) bond motifs is 1. The van der Waals surface area contributed by atoms with Gasteiger partial charge in [-0.3, -0.25) is 5.23 Å². The number of hydroxylamine groups is 2. The lowest BCUT2D eigenvalue weighted by Crippen LogP contribution is -2.28. The quantitative estimate of drug-likeness (QED) is 0.472. The molecule has 56 valence electrons. The van der Waals surface area contributed by atoms with Crippen molar-refractivity contribution in [2.75, 3.05) is 6.61 Å². The van der Waals surface area contributed by atoms with E-state index in [0.29, 0.717) is 12.5 Å². The fraction of sp³-hybridized carbons (Fsp3) is 0.714. The molecule has 10 heavy (non-hydrogen) atoms. The fourth-order valence-corrected chi connectivity index (χ4v) is 1.56. The summed E-state index contributed by atoms with van der Waals surface area (Å²) < 4.78 is 0. The first-order chi connectivity index (χ1) is 4.88. The maximum atomic E-state index is 10.9. The minimum absolute atomic E-state index is 0.102. The molecule has 2 atom stereocenters. The summed E-state index contributed by atoms with van der Waals surface area (Å²) in [6.45, 7) is 0.610. The van der Waals surface area contributed by atoms with Crippen molar-refractivity contribution in [2.24, 2.45) is 5.92 Å². The van der Waals surface area contributed by atoms with Crippen molar-refractivity contribution in [3.05, 3.63) is 17.4 Å². The van der Waals surface area contributed by atoms with E-state index in [0.717, 1.165) is 18.1 Å². The molecule has 0 bridgehead atoms. The standard InChI is InChI=1S/C7H10NO2/c9-8-7-4-2-1-3-6(7)5-10-8/h1-2,6-7H,3-5H2/q-1/t6?,7-/m0/s1. The highest BCUT2D eigenvalue weighted by atomic mass is 16.9. The second-order valence-corrected chi connectivity index (χ2v) is 2.85. The SMILES string of the molecule is [O-]N1OCC2CC=CC[C@@H]21. The van der Waals surface area contributed by atoms with Gasteiger partial charge in [-0.2, -0.15) is 0 Å². The van der Waals surface area contributed by atoms with Crippen LogP contribution in [0.25, 0.3) is 0 Å². The van der Waals surface area contributed by atoms with Crippen LogP contribution in [0.5, 0.6) is 0 Å². The highest BCUT2D eigenvalue weighted by molar-refractivity contribution is 4.99. The van der Waals surface area contributed by atoms with Crippen LogP contribution in [0.4, 0.5) is 0 Å². The van der Waals surface area contributed by atoms with Crippen LogP contribution in [0.15, 0.2) is 12.2 Å². The summed E-state index contributed by atoms with van der Waals surface area (Å²) in [6.07, 6.45) is 6.04. The van der Waals surface area contributed by atoms with Crippen LogP contribution in [0.3, 0.4) is 0 Å². The van der Waals surface area contributed by atoms with Gasteiger partial charge in [0, 0.05) is 12.0 Å². The molecule has 1 saturated heterocycles. The Balaban J connectivity index is 2.10. The highest BCUT2D eigenvalue weighted by Crippen LogP contribution is 2.29. The van der Waals surface area contributed by atoms with Gasteiger partial charge in [-0.1, -0.05) is 12.2 Å². The number of hydrogen-bond acceptors (Lipinski definition) is 3. The molecule has 1 unspecified atom stereocenters. The van der Waals surface area contributed by atoms with Gasteiger partial charge >= 0.3 is 0 Å². The molecular formula is C7H10NO2-. The van der Waals surface area contributed by atoms with Gasteiger partial charge < -0.3 is 10.0 Å². The maximum absolute atomic E-state index is 10.9. The molecule has 0 spiro atoms. The number of allylic oxidation sites excluding steroid dienone is 1. The van der Waals surface area contributed by atoms with E-state index in [1.54, 1.807) is 0 Å². The zero-order valence-electron chi connectivity index (χ0n) is 5.69. The van der Waals surface area contributed by atoms with Crippen LogP contribution < -0.4 is 0 Å². The Morgan fingerprint density at radius 3 is 3.00 bits per heavy atom. The molecule has 1 aliphatic carbocycles. The molecule has 0 N–H and O–H groups in total. The van der Waals surface area contributed by atoms with Crippen LogP contribution in [0, 0.1) is 11.1 Å². The van der Waals surface area contributed by atoms with E-state index in [1.165, 1.54) is 0 Å². The molecular weight excluding hydrogens is 130 g/mol. The molecule has 0 radical (unpaired) electrons. The van der Waals surface area contributed by atoms with Crippen molar-refractivity contribution in [3.63, 3.8) is 0 Å². The maximum Gasteiger partial charge on any atom is 0.0719 e. The van der Waals surface area contributed by atoms with E-state index >= 15 is 0 Å². The topological polar surface area (TPSA) is 35.5 Å². The second-order valence-electron chi connectivity index (χ2n) is 2.85. The summed E-state index contributed by atoms with van der Waals surface area (Å²) in [5.41, 5.74) is 0. The summed E-state index contributed by atoms with van der Waals surface area (Å²) in [6, 6.07) is 0.102. The Bertz CT molecular complexity index is 158. The average Bonchev–Trinajstić information content (AvgIpc) is 2.34. The Morgan fingerprint density at radius 1 is 1.40 bits per heavy atom. The summed E-state index contributed by atoms with van der Waals surface area (Å²) in [7, 11) is 0. The van der Waals surface area contributed by atoms with Crippen molar-refractivity contribution in [2.45, 2.75) is 18.9 Å². The van der Waals surface area contributed by atoms with Gasteiger partial charge in [-0.05, 0) is 12.8 Å².